The standard InChI is InChI=1S/C9H14FN3/c1-7-11-5-4-8(12-7)13-9(2,3)6-10/h4-5H,6H2,1-3H3,(H,11,12,13). The van der Waals surface area contributed by atoms with Gasteiger partial charge >= 0.3 is 0 Å². The van der Waals surface area contributed by atoms with Crippen LogP contribution in [0.4, 0.5) is 10.2 Å². The summed E-state index contributed by atoms with van der Waals surface area (Å²) in [6.07, 6.45) is 1.65. The molecule has 0 saturated carbocycles. The number of anilines is 1. The van der Waals surface area contributed by atoms with E-state index in [9.17, 15) is 4.39 Å². The second-order valence-corrected chi connectivity index (χ2v) is 3.63. The van der Waals surface area contributed by atoms with Crippen molar-refractivity contribution < 1.29 is 4.39 Å². The molecule has 0 spiro atoms. The number of nitrogens with one attached hydrogen (secondary N) is 1. The van der Waals surface area contributed by atoms with Gasteiger partial charge in [-0.05, 0) is 26.8 Å². The maximum atomic E-state index is 12.5. The average molecular weight is 183 g/mol. The fourth-order valence-corrected chi connectivity index (χ4v) is 0.906. The van der Waals surface area contributed by atoms with Crippen LogP contribution in [0, 0.1) is 6.92 Å². The lowest BCUT2D eigenvalue weighted by molar-refractivity contribution is 0.374. The summed E-state index contributed by atoms with van der Waals surface area (Å²) < 4.78 is 12.5. The van der Waals surface area contributed by atoms with Crippen LogP contribution in [0.1, 0.15) is 19.7 Å². The Morgan fingerprint density at radius 3 is 2.77 bits per heavy atom. The van der Waals surface area contributed by atoms with Crippen molar-refractivity contribution in [3.8, 4) is 0 Å². The van der Waals surface area contributed by atoms with E-state index in [-0.39, 0.29) is 0 Å². The first kappa shape index (κ1) is 9.89. The van der Waals surface area contributed by atoms with Crippen LogP contribution < -0.4 is 5.32 Å². The number of aryl methyl sites for hydroxylation is 1. The Hall–Kier alpha value is -1.19. The van der Waals surface area contributed by atoms with Crippen LogP contribution in [-0.2, 0) is 0 Å². The van der Waals surface area contributed by atoms with Crippen LogP contribution in [0.3, 0.4) is 0 Å². The van der Waals surface area contributed by atoms with Crippen molar-refractivity contribution in [2.75, 3.05) is 12.0 Å². The molecular formula is C9H14FN3. The van der Waals surface area contributed by atoms with Crippen LogP contribution in [0.25, 0.3) is 0 Å². The lowest BCUT2D eigenvalue weighted by Gasteiger charge is -2.22. The first-order chi connectivity index (χ1) is 6.03. The predicted molar refractivity (Wildman–Crippen MR) is 50.4 cm³/mol. The molecule has 0 amide bonds. The van der Waals surface area contributed by atoms with Gasteiger partial charge in [-0.1, -0.05) is 0 Å². The van der Waals surface area contributed by atoms with E-state index in [1.54, 1.807) is 33.0 Å². The molecule has 1 aromatic heterocycles. The van der Waals surface area contributed by atoms with Gasteiger partial charge in [0.1, 0.15) is 18.3 Å². The van der Waals surface area contributed by atoms with Crippen molar-refractivity contribution in [1.29, 1.82) is 0 Å². The number of rotatable bonds is 3. The zero-order chi connectivity index (χ0) is 9.90. The second kappa shape index (κ2) is 3.68. The number of nitrogens with zero attached hydrogens (tertiary/aromatic N) is 2. The molecule has 1 rings (SSSR count). The number of hydrogen-bond acceptors (Lipinski definition) is 3. The van der Waals surface area contributed by atoms with E-state index in [0.29, 0.717) is 11.6 Å². The molecule has 0 aromatic carbocycles. The zero-order valence-electron chi connectivity index (χ0n) is 8.13. The molecule has 0 aliphatic carbocycles. The van der Waals surface area contributed by atoms with E-state index in [4.69, 9.17) is 0 Å². The number of halogens is 1. The SMILES string of the molecule is Cc1nccc(NC(C)(C)CF)n1. The molecule has 0 aliphatic rings. The van der Waals surface area contributed by atoms with Crippen molar-refractivity contribution in [3.05, 3.63) is 18.1 Å². The molecule has 0 unspecified atom stereocenters. The third-order valence-corrected chi connectivity index (χ3v) is 1.58. The van der Waals surface area contributed by atoms with Gasteiger partial charge in [-0.15, -0.1) is 0 Å². The topological polar surface area (TPSA) is 37.8 Å². The van der Waals surface area contributed by atoms with E-state index in [1.807, 2.05) is 0 Å². The average Bonchev–Trinajstić information content (AvgIpc) is 2.03. The van der Waals surface area contributed by atoms with Gasteiger partial charge in [0.2, 0.25) is 0 Å². The number of alkyl halides is 1. The molecule has 13 heavy (non-hydrogen) atoms. The minimum atomic E-state index is -0.569. The van der Waals surface area contributed by atoms with Gasteiger partial charge in [-0.25, -0.2) is 14.4 Å². The lowest BCUT2D eigenvalue weighted by Crippen LogP contribution is -2.33. The molecule has 0 saturated heterocycles. The van der Waals surface area contributed by atoms with Gasteiger partial charge in [-0.3, -0.25) is 0 Å². The van der Waals surface area contributed by atoms with Crippen molar-refractivity contribution in [1.82, 2.24) is 9.97 Å². The minimum Gasteiger partial charge on any atom is -0.362 e. The fraction of sp³-hybridized carbons (Fsp3) is 0.556. The third-order valence-electron chi connectivity index (χ3n) is 1.58. The monoisotopic (exact) mass is 183 g/mol. The highest BCUT2D eigenvalue weighted by atomic mass is 19.1. The van der Waals surface area contributed by atoms with E-state index in [0.717, 1.165) is 0 Å². The second-order valence-electron chi connectivity index (χ2n) is 3.63. The predicted octanol–water partition coefficient (Wildman–Crippen LogP) is 1.95. The van der Waals surface area contributed by atoms with E-state index in [1.165, 1.54) is 0 Å². The summed E-state index contributed by atoms with van der Waals surface area (Å²) in [5.41, 5.74) is -0.569. The van der Waals surface area contributed by atoms with Crippen LogP contribution in [0.5, 0.6) is 0 Å². The summed E-state index contributed by atoms with van der Waals surface area (Å²) in [5, 5.41) is 2.98. The molecule has 72 valence electrons. The smallest absolute Gasteiger partial charge is 0.130 e. The van der Waals surface area contributed by atoms with Gasteiger partial charge in [0.05, 0.1) is 5.54 Å². The molecule has 0 radical (unpaired) electrons. The normalized spacial score (nSPS) is 11.4. The lowest BCUT2D eigenvalue weighted by atomic mass is 10.1. The molecule has 0 aliphatic heterocycles. The maximum absolute atomic E-state index is 12.5. The van der Waals surface area contributed by atoms with Gasteiger partial charge in [0.15, 0.2) is 0 Å². The van der Waals surface area contributed by atoms with Crippen molar-refractivity contribution in [2.24, 2.45) is 0 Å². The molecule has 1 N–H and O–H groups in total. The first-order valence-electron chi connectivity index (χ1n) is 4.17. The third kappa shape index (κ3) is 2.97. The zero-order valence-corrected chi connectivity index (χ0v) is 8.13. The summed E-state index contributed by atoms with van der Waals surface area (Å²) in [6, 6.07) is 1.73. The van der Waals surface area contributed by atoms with Crippen LogP contribution in [-0.4, -0.2) is 22.2 Å². The Kier molecular flexibility index (Phi) is 2.80. The Bertz CT molecular complexity index is 286. The van der Waals surface area contributed by atoms with Gasteiger partial charge in [0, 0.05) is 6.20 Å². The van der Waals surface area contributed by atoms with Crippen LogP contribution in [0.2, 0.25) is 0 Å². The van der Waals surface area contributed by atoms with Gasteiger partial charge in [-0.2, -0.15) is 0 Å². The van der Waals surface area contributed by atoms with E-state index < -0.39 is 12.2 Å². The molecule has 1 aromatic rings. The summed E-state index contributed by atoms with van der Waals surface area (Å²) in [4.78, 5) is 8.07. The molecule has 1 heterocycles. The first-order valence-corrected chi connectivity index (χ1v) is 4.17. The summed E-state index contributed by atoms with van der Waals surface area (Å²) in [7, 11) is 0. The van der Waals surface area contributed by atoms with Crippen molar-refractivity contribution in [3.63, 3.8) is 0 Å². The fourth-order valence-electron chi connectivity index (χ4n) is 0.906. The highest BCUT2D eigenvalue weighted by molar-refractivity contribution is 5.35. The van der Waals surface area contributed by atoms with Crippen LogP contribution in [0.15, 0.2) is 12.3 Å². The van der Waals surface area contributed by atoms with E-state index >= 15 is 0 Å². The summed E-state index contributed by atoms with van der Waals surface area (Å²) in [6.45, 7) is 4.93. The molecular weight excluding hydrogens is 169 g/mol. The largest absolute Gasteiger partial charge is 0.362 e. The highest BCUT2D eigenvalue weighted by Gasteiger charge is 2.17. The summed E-state index contributed by atoms with van der Waals surface area (Å²) >= 11 is 0. The summed E-state index contributed by atoms with van der Waals surface area (Å²) in [5.74, 6) is 1.34. The van der Waals surface area contributed by atoms with E-state index in [2.05, 4.69) is 15.3 Å². The van der Waals surface area contributed by atoms with Gasteiger partial charge < -0.3 is 5.32 Å². The maximum Gasteiger partial charge on any atom is 0.130 e. The molecule has 4 heteroatoms. The molecule has 3 nitrogen and oxygen atoms in total. The number of hydrogen-bond donors (Lipinski definition) is 1. The van der Waals surface area contributed by atoms with Gasteiger partial charge in [0.25, 0.3) is 0 Å². The van der Waals surface area contributed by atoms with Crippen molar-refractivity contribution in [2.45, 2.75) is 26.3 Å². The minimum absolute atomic E-state index is 0.434. The quantitative estimate of drug-likeness (QED) is 0.778. The molecule has 0 atom stereocenters. The highest BCUT2D eigenvalue weighted by Crippen LogP contribution is 2.12. The molecule has 0 bridgehead atoms. The Morgan fingerprint density at radius 2 is 2.23 bits per heavy atom. The van der Waals surface area contributed by atoms with Crippen LogP contribution >= 0.6 is 0 Å². The van der Waals surface area contributed by atoms with Crippen molar-refractivity contribution >= 4 is 5.82 Å². The number of aromatic nitrogens is 2. The molecule has 0 fully saturated rings. The Morgan fingerprint density at radius 1 is 1.54 bits per heavy atom. The Labute approximate surface area is 77.4 Å². The Balaban J connectivity index is 2.74.